The average Bonchev–Trinajstić information content (AvgIpc) is 3.17. The van der Waals surface area contributed by atoms with Gasteiger partial charge in [0.1, 0.15) is 24.4 Å². The first kappa shape index (κ1) is 59.0. The van der Waals surface area contributed by atoms with E-state index in [-0.39, 0.29) is 0 Å². The predicted octanol–water partition coefficient (Wildman–Crippen LogP) is 14.2. The van der Waals surface area contributed by atoms with Gasteiger partial charge in [-0.1, -0.05) is 60.7 Å². The highest BCUT2D eigenvalue weighted by atomic mass is 32.2. The highest BCUT2D eigenvalue weighted by molar-refractivity contribution is 8.00. The van der Waals surface area contributed by atoms with Crippen LogP contribution < -0.4 is 21.9 Å². The maximum absolute atomic E-state index is 14.2. The maximum atomic E-state index is 14.2. The summed E-state index contributed by atoms with van der Waals surface area (Å²) in [6.07, 6.45) is -55.9. The number of benzene rings is 5. The molecule has 5 rings (SSSR count). The van der Waals surface area contributed by atoms with Crippen LogP contribution >= 0.6 is 0 Å². The van der Waals surface area contributed by atoms with Gasteiger partial charge in [-0.2, -0.15) is 140 Å². The second-order valence-corrected chi connectivity index (χ2v) is 19.2. The molecular formula is C42H24BF27OS. The van der Waals surface area contributed by atoms with Crippen LogP contribution in [0.1, 0.15) is 55.6 Å². The van der Waals surface area contributed by atoms with E-state index in [1.54, 1.807) is 12.5 Å². The minimum atomic E-state index is -6.13. The van der Waals surface area contributed by atoms with E-state index in [2.05, 4.69) is 0 Å². The second-order valence-electron chi connectivity index (χ2n) is 16.0. The van der Waals surface area contributed by atoms with Gasteiger partial charge in [-0.05, 0) is 36.4 Å². The molecule has 0 aliphatic rings. The molecular weight excluding hydrogens is 1080 g/mol. The SMILES string of the molecule is C[S+](C)(=O)Cc1ccc(C(F)(F)F)cc1.FC(F)(F)c1cc([B-](c2cc(C(F)(F)F)cc(C(F)(F)F)c2)(c2cc(C(F)(F)F)cc(C(F)(F)F)c2)c2cc(C(F)(F)F)cc(C(F)(F)F)c2)cc(C(F)(F)F)c1. The van der Waals surface area contributed by atoms with Gasteiger partial charge >= 0.3 is 55.6 Å². The molecule has 5 aromatic carbocycles. The summed E-state index contributed by atoms with van der Waals surface area (Å²) < 4.78 is 389. The normalized spacial score (nSPS) is 14.0. The van der Waals surface area contributed by atoms with Crippen molar-refractivity contribution in [1.29, 1.82) is 0 Å². The first-order valence-electron chi connectivity index (χ1n) is 18.9. The standard InChI is InChI=1S/C32H12BF24.C10H12F3OS/c34-25(35,36)13-1-14(26(37,38)39)6-21(5-13)33(22-7-15(27(40,41)42)2-16(8-22)28(43,44)45,23-9-17(29(46,47)48)3-18(10-23)30(49,50)51)24-11-19(31(52,53)54)4-20(12-24)32(55,56)57;1-15(2,14)7-8-3-5-9(6-4-8)10(11,12)13/h1-12H;3-6H,7H2,1-2H3/q-1;+1. The lowest BCUT2D eigenvalue weighted by Gasteiger charge is -2.46. The Bertz CT molecular complexity index is 2360. The third kappa shape index (κ3) is 14.1. The van der Waals surface area contributed by atoms with Crippen LogP contribution in [0.2, 0.25) is 0 Å². The summed E-state index contributed by atoms with van der Waals surface area (Å²) in [5.74, 6) is 0.311. The van der Waals surface area contributed by atoms with Crippen LogP contribution in [0.25, 0.3) is 0 Å². The third-order valence-corrected chi connectivity index (χ3v) is 11.3. The number of rotatable bonds is 6. The molecule has 396 valence electrons. The van der Waals surface area contributed by atoms with E-state index in [1.807, 2.05) is 0 Å². The van der Waals surface area contributed by atoms with E-state index >= 15 is 0 Å². The molecule has 0 atom stereocenters. The van der Waals surface area contributed by atoms with Crippen LogP contribution in [0.15, 0.2) is 97.1 Å². The molecule has 0 fully saturated rings. The number of hydrogen-bond donors (Lipinski definition) is 0. The molecule has 0 heterocycles. The summed E-state index contributed by atoms with van der Waals surface area (Å²) in [6.45, 7) is 0. The highest BCUT2D eigenvalue weighted by Gasteiger charge is 2.47. The Hall–Kier alpha value is -5.58. The number of hydrogen-bond acceptors (Lipinski definition) is 1. The minimum absolute atomic E-state index is 0.311. The van der Waals surface area contributed by atoms with Gasteiger partial charge in [0.2, 0.25) is 0 Å². The summed E-state index contributed by atoms with van der Waals surface area (Å²) in [5, 5.41) is 0. The van der Waals surface area contributed by atoms with Crippen LogP contribution in [0.5, 0.6) is 0 Å². The molecule has 5 aromatic rings. The Morgan fingerprint density at radius 2 is 0.458 bits per heavy atom. The van der Waals surface area contributed by atoms with Gasteiger partial charge in [0, 0.05) is 5.56 Å². The first-order chi connectivity index (χ1) is 31.9. The van der Waals surface area contributed by atoms with E-state index in [9.17, 15) is 123 Å². The van der Waals surface area contributed by atoms with Crippen molar-refractivity contribution < 1.29 is 123 Å². The largest absolute Gasteiger partial charge is 0.416 e. The smallest absolute Gasteiger partial charge is 0.194 e. The molecule has 0 spiro atoms. The fourth-order valence-electron chi connectivity index (χ4n) is 7.26. The molecule has 0 aliphatic carbocycles. The van der Waals surface area contributed by atoms with Gasteiger partial charge in [0.05, 0.1) is 60.0 Å². The molecule has 0 radical (unpaired) electrons. The summed E-state index contributed by atoms with van der Waals surface area (Å²) >= 11 is 0. The molecule has 0 aliphatic heterocycles. The molecule has 0 N–H and O–H groups in total. The average molecular weight is 1100 g/mol. The summed E-state index contributed by atoms with van der Waals surface area (Å²) in [6, 6.07) is -4.04. The maximum Gasteiger partial charge on any atom is 0.416 e. The monoisotopic (exact) mass is 1100 g/mol. The molecule has 0 unspecified atom stereocenters. The molecule has 0 amide bonds. The van der Waals surface area contributed by atoms with E-state index in [1.165, 1.54) is 12.1 Å². The summed E-state index contributed by atoms with van der Waals surface area (Å²) in [7, 11) is -1.96. The Morgan fingerprint density at radius 3 is 0.597 bits per heavy atom. The zero-order valence-corrected chi connectivity index (χ0v) is 35.9. The second kappa shape index (κ2) is 19.0. The zero-order chi connectivity index (χ0) is 55.6. The topological polar surface area (TPSA) is 17.1 Å². The number of alkyl halides is 27. The Labute approximate surface area is 387 Å². The van der Waals surface area contributed by atoms with E-state index < -0.39 is 216 Å². The fourth-order valence-corrected chi connectivity index (χ4v) is 8.26. The third-order valence-electron chi connectivity index (χ3n) is 10.2. The van der Waals surface area contributed by atoms with Gasteiger partial charge < -0.3 is 0 Å². The van der Waals surface area contributed by atoms with Crippen molar-refractivity contribution in [3.05, 3.63) is 153 Å². The van der Waals surface area contributed by atoms with Gasteiger partial charge in [0.25, 0.3) is 0 Å². The molecule has 30 heteroatoms. The highest BCUT2D eigenvalue weighted by Crippen LogP contribution is 2.41. The molecule has 0 bridgehead atoms. The van der Waals surface area contributed by atoms with Crippen LogP contribution in [-0.4, -0.2) is 18.7 Å². The van der Waals surface area contributed by atoms with Crippen molar-refractivity contribution in [2.75, 3.05) is 12.5 Å². The van der Waals surface area contributed by atoms with Crippen molar-refractivity contribution in [1.82, 2.24) is 0 Å². The lowest BCUT2D eigenvalue weighted by molar-refractivity contribution is -0.144. The Balaban J connectivity index is 0.000000639. The lowest BCUT2D eigenvalue weighted by atomic mass is 9.12. The molecule has 0 saturated heterocycles. The van der Waals surface area contributed by atoms with Gasteiger partial charge in [-0.25, -0.2) is 0 Å². The van der Waals surface area contributed by atoms with Gasteiger partial charge in [-0.3, -0.25) is 0 Å². The predicted molar refractivity (Wildman–Crippen MR) is 205 cm³/mol. The van der Waals surface area contributed by atoms with Gasteiger partial charge in [0.15, 0.2) is 0 Å². The summed E-state index contributed by atoms with van der Waals surface area (Å²) in [4.78, 5) is 0. The van der Waals surface area contributed by atoms with E-state index in [0.29, 0.717) is 11.3 Å². The lowest BCUT2D eigenvalue weighted by Crippen LogP contribution is -2.75. The van der Waals surface area contributed by atoms with E-state index in [4.69, 9.17) is 0 Å². The summed E-state index contributed by atoms with van der Waals surface area (Å²) in [5.41, 5.74) is -30.2. The van der Waals surface area contributed by atoms with Crippen molar-refractivity contribution in [3.8, 4) is 0 Å². The molecule has 0 saturated carbocycles. The Morgan fingerprint density at radius 1 is 0.292 bits per heavy atom. The number of halogens is 27. The first-order valence-corrected chi connectivity index (χ1v) is 21.4. The van der Waals surface area contributed by atoms with E-state index in [0.717, 1.165) is 12.1 Å². The molecule has 72 heavy (non-hydrogen) atoms. The van der Waals surface area contributed by atoms with Crippen LogP contribution in [0.4, 0.5) is 119 Å². The zero-order valence-electron chi connectivity index (χ0n) is 35.0. The van der Waals surface area contributed by atoms with Crippen LogP contribution in [0, 0.1) is 0 Å². The van der Waals surface area contributed by atoms with Gasteiger partial charge in [-0.15, -0.1) is 4.21 Å². The Kier molecular flexibility index (Phi) is 15.6. The van der Waals surface area contributed by atoms with Crippen molar-refractivity contribution in [2.45, 2.75) is 61.3 Å². The fraction of sp³-hybridized carbons (Fsp3) is 0.286. The van der Waals surface area contributed by atoms with Crippen LogP contribution in [-0.2, 0) is 75.5 Å². The van der Waals surface area contributed by atoms with Crippen molar-refractivity contribution in [3.63, 3.8) is 0 Å². The molecule has 1 nitrogen and oxygen atoms in total. The van der Waals surface area contributed by atoms with Crippen LogP contribution in [0.3, 0.4) is 0 Å². The van der Waals surface area contributed by atoms with Crippen molar-refractivity contribution >= 4 is 37.9 Å². The quantitative estimate of drug-likeness (QED) is 0.0941. The molecule has 0 aromatic heterocycles. The minimum Gasteiger partial charge on any atom is -0.194 e. The van der Waals surface area contributed by atoms with Crippen molar-refractivity contribution in [2.24, 2.45) is 0 Å².